The molecule has 80 valence electrons. The molecule has 0 spiro atoms. The van der Waals surface area contributed by atoms with Crippen LogP contribution in [0, 0.1) is 0 Å². The summed E-state index contributed by atoms with van der Waals surface area (Å²) in [6.07, 6.45) is 2.44. The third-order valence-corrected chi connectivity index (χ3v) is 2.90. The van der Waals surface area contributed by atoms with Gasteiger partial charge in [-0.25, -0.2) is 14.7 Å². The van der Waals surface area contributed by atoms with E-state index in [1.54, 1.807) is 16.5 Å². The molecule has 1 aliphatic rings. The van der Waals surface area contributed by atoms with Gasteiger partial charge >= 0.3 is 6.03 Å². The van der Waals surface area contributed by atoms with Crippen molar-refractivity contribution in [2.75, 3.05) is 18.0 Å². The number of urea groups is 1. The van der Waals surface area contributed by atoms with E-state index in [2.05, 4.69) is 4.98 Å². The van der Waals surface area contributed by atoms with Crippen molar-refractivity contribution in [1.82, 2.24) is 9.88 Å². The highest BCUT2D eigenvalue weighted by atomic mass is 32.1. The van der Waals surface area contributed by atoms with E-state index >= 15 is 0 Å². The highest BCUT2D eigenvalue weighted by Gasteiger charge is 2.37. The molecule has 1 saturated heterocycles. The van der Waals surface area contributed by atoms with Gasteiger partial charge in [0.1, 0.15) is 6.54 Å². The second-order valence-corrected chi connectivity index (χ2v) is 4.12. The first-order chi connectivity index (χ1) is 7.24. The largest absolute Gasteiger partial charge is 0.333 e. The van der Waals surface area contributed by atoms with Crippen molar-refractivity contribution in [1.29, 1.82) is 0 Å². The van der Waals surface area contributed by atoms with Crippen LogP contribution in [-0.4, -0.2) is 34.9 Å². The highest BCUT2D eigenvalue weighted by molar-refractivity contribution is 7.14. The van der Waals surface area contributed by atoms with Gasteiger partial charge in [-0.05, 0) is 6.42 Å². The predicted molar refractivity (Wildman–Crippen MR) is 56.9 cm³/mol. The van der Waals surface area contributed by atoms with Gasteiger partial charge in [-0.3, -0.25) is 4.79 Å². The van der Waals surface area contributed by atoms with E-state index in [9.17, 15) is 9.59 Å². The number of carbonyl (C=O) groups excluding carboxylic acids is 2. The average Bonchev–Trinajstić information content (AvgIpc) is 2.77. The first kappa shape index (κ1) is 10.1. The Labute approximate surface area is 91.3 Å². The lowest BCUT2D eigenvalue weighted by atomic mass is 10.4. The van der Waals surface area contributed by atoms with Crippen molar-refractivity contribution >= 4 is 28.4 Å². The summed E-state index contributed by atoms with van der Waals surface area (Å²) >= 11 is 1.29. The van der Waals surface area contributed by atoms with Crippen LogP contribution in [0.3, 0.4) is 0 Å². The fourth-order valence-electron chi connectivity index (χ4n) is 1.51. The second-order valence-electron chi connectivity index (χ2n) is 3.25. The molecule has 3 amide bonds. The molecule has 1 aromatic heterocycles. The van der Waals surface area contributed by atoms with Crippen LogP contribution in [-0.2, 0) is 4.79 Å². The van der Waals surface area contributed by atoms with E-state index in [1.165, 1.54) is 11.3 Å². The zero-order valence-corrected chi connectivity index (χ0v) is 9.16. The van der Waals surface area contributed by atoms with Crippen LogP contribution >= 0.6 is 11.3 Å². The summed E-state index contributed by atoms with van der Waals surface area (Å²) in [7, 11) is 0. The van der Waals surface area contributed by atoms with Crippen molar-refractivity contribution in [3.63, 3.8) is 0 Å². The number of carbonyl (C=O) groups is 2. The topological polar surface area (TPSA) is 53.5 Å². The van der Waals surface area contributed by atoms with Crippen LogP contribution in [0.1, 0.15) is 13.3 Å². The Kier molecular flexibility index (Phi) is 2.68. The van der Waals surface area contributed by atoms with E-state index in [4.69, 9.17) is 0 Å². The van der Waals surface area contributed by atoms with Crippen molar-refractivity contribution in [3.05, 3.63) is 11.6 Å². The lowest BCUT2D eigenvalue weighted by Crippen LogP contribution is -2.33. The van der Waals surface area contributed by atoms with Crippen LogP contribution in [0.15, 0.2) is 11.6 Å². The maximum Gasteiger partial charge on any atom is 0.333 e. The summed E-state index contributed by atoms with van der Waals surface area (Å²) in [5.74, 6) is -0.191. The molecule has 0 aliphatic carbocycles. The summed E-state index contributed by atoms with van der Waals surface area (Å²) in [4.78, 5) is 30.1. The van der Waals surface area contributed by atoms with E-state index in [-0.39, 0.29) is 18.5 Å². The number of amides is 3. The van der Waals surface area contributed by atoms with Gasteiger partial charge in [0.15, 0.2) is 0 Å². The highest BCUT2D eigenvalue weighted by Crippen LogP contribution is 2.23. The number of hydrogen-bond donors (Lipinski definition) is 0. The normalized spacial score (nSPS) is 16.6. The summed E-state index contributed by atoms with van der Waals surface area (Å²) in [5, 5.41) is 2.21. The minimum atomic E-state index is -0.253. The Morgan fingerprint density at radius 1 is 1.53 bits per heavy atom. The van der Waals surface area contributed by atoms with Crippen molar-refractivity contribution in [2.45, 2.75) is 13.3 Å². The van der Waals surface area contributed by atoms with E-state index in [0.29, 0.717) is 11.7 Å². The Morgan fingerprint density at radius 3 is 2.93 bits per heavy atom. The Morgan fingerprint density at radius 2 is 2.33 bits per heavy atom. The van der Waals surface area contributed by atoms with Crippen LogP contribution in [0.25, 0.3) is 0 Å². The molecule has 0 aromatic carbocycles. The smallest absolute Gasteiger partial charge is 0.315 e. The zero-order chi connectivity index (χ0) is 10.8. The van der Waals surface area contributed by atoms with Gasteiger partial charge in [0.2, 0.25) is 5.13 Å². The molecule has 0 atom stereocenters. The number of aromatic nitrogens is 1. The van der Waals surface area contributed by atoms with Gasteiger partial charge in [-0.1, -0.05) is 6.92 Å². The molecule has 0 saturated carbocycles. The van der Waals surface area contributed by atoms with Crippen LogP contribution in [0.2, 0.25) is 0 Å². The molecule has 1 fully saturated rings. The summed E-state index contributed by atoms with van der Waals surface area (Å²) in [6, 6.07) is -0.253. The molecule has 2 rings (SSSR count). The minimum Gasteiger partial charge on any atom is -0.315 e. The maximum atomic E-state index is 11.8. The molecule has 15 heavy (non-hydrogen) atoms. The van der Waals surface area contributed by atoms with Gasteiger partial charge in [0.25, 0.3) is 5.91 Å². The molecule has 0 unspecified atom stereocenters. The van der Waals surface area contributed by atoms with Gasteiger partial charge in [-0.2, -0.15) is 0 Å². The quantitative estimate of drug-likeness (QED) is 0.729. The van der Waals surface area contributed by atoms with Crippen LogP contribution < -0.4 is 4.90 Å². The SMILES string of the molecule is CCCN1CC(=O)N(c2nccs2)C1=O. The molecule has 0 bridgehead atoms. The first-order valence-electron chi connectivity index (χ1n) is 4.75. The molecule has 6 heteroatoms. The monoisotopic (exact) mass is 225 g/mol. The van der Waals surface area contributed by atoms with Crippen LogP contribution in [0.5, 0.6) is 0 Å². The Hall–Kier alpha value is -1.43. The maximum absolute atomic E-state index is 11.8. The third kappa shape index (κ3) is 1.72. The van der Waals surface area contributed by atoms with Crippen LogP contribution in [0.4, 0.5) is 9.93 Å². The average molecular weight is 225 g/mol. The van der Waals surface area contributed by atoms with Crippen molar-refractivity contribution in [3.8, 4) is 0 Å². The van der Waals surface area contributed by atoms with Gasteiger partial charge in [0, 0.05) is 18.1 Å². The summed E-state index contributed by atoms with van der Waals surface area (Å²) in [5.41, 5.74) is 0. The van der Waals surface area contributed by atoms with E-state index < -0.39 is 0 Å². The summed E-state index contributed by atoms with van der Waals surface area (Å²) < 4.78 is 0. The fraction of sp³-hybridized carbons (Fsp3) is 0.444. The lowest BCUT2D eigenvalue weighted by Gasteiger charge is -2.13. The summed E-state index contributed by atoms with van der Waals surface area (Å²) in [6.45, 7) is 2.77. The molecule has 1 aromatic rings. The van der Waals surface area contributed by atoms with E-state index in [1.807, 2.05) is 6.92 Å². The van der Waals surface area contributed by atoms with Gasteiger partial charge < -0.3 is 4.90 Å². The molecule has 0 radical (unpaired) electrons. The number of nitrogens with zero attached hydrogens (tertiary/aromatic N) is 3. The number of rotatable bonds is 3. The Bertz CT molecular complexity index is 377. The molecule has 0 N–H and O–H groups in total. The second kappa shape index (κ2) is 3.98. The van der Waals surface area contributed by atoms with Gasteiger partial charge in [0.05, 0.1) is 0 Å². The Balaban J connectivity index is 2.20. The number of anilines is 1. The zero-order valence-electron chi connectivity index (χ0n) is 8.34. The fourth-order valence-corrected chi connectivity index (χ4v) is 2.16. The number of thiazole rings is 1. The van der Waals surface area contributed by atoms with Gasteiger partial charge in [-0.15, -0.1) is 11.3 Å². The van der Waals surface area contributed by atoms with E-state index in [0.717, 1.165) is 11.3 Å². The molecule has 1 aliphatic heterocycles. The van der Waals surface area contributed by atoms with Crippen molar-refractivity contribution < 1.29 is 9.59 Å². The molecular formula is C9H11N3O2S. The first-order valence-corrected chi connectivity index (χ1v) is 5.63. The molecule has 2 heterocycles. The minimum absolute atomic E-state index is 0.173. The molecular weight excluding hydrogens is 214 g/mol. The standard InChI is InChI=1S/C9H11N3O2S/c1-2-4-11-6-7(13)12(9(11)14)8-10-3-5-15-8/h3,5H,2,4,6H2,1H3. The number of imide groups is 1. The third-order valence-electron chi connectivity index (χ3n) is 2.14. The lowest BCUT2D eigenvalue weighted by molar-refractivity contribution is -0.116. The predicted octanol–water partition coefficient (Wildman–Crippen LogP) is 1.32. The number of hydrogen-bond acceptors (Lipinski definition) is 4. The molecule has 5 nitrogen and oxygen atoms in total. The van der Waals surface area contributed by atoms with Crippen molar-refractivity contribution in [2.24, 2.45) is 0 Å².